The van der Waals surface area contributed by atoms with Crippen molar-refractivity contribution in [2.75, 3.05) is 12.0 Å². The molecular formula is C11H17N3OS2. The Kier molecular flexibility index (Phi) is 4.28. The minimum Gasteiger partial charge on any atom is -0.375 e. The number of nitrogen functional groups attached to an aromatic ring is 1. The fourth-order valence-corrected chi connectivity index (χ4v) is 3.51. The van der Waals surface area contributed by atoms with Gasteiger partial charge in [0.25, 0.3) is 5.91 Å². The van der Waals surface area contributed by atoms with Crippen LogP contribution in [0.3, 0.4) is 0 Å². The molecule has 4 nitrogen and oxygen atoms in total. The Balaban J connectivity index is 1.90. The van der Waals surface area contributed by atoms with E-state index in [9.17, 15) is 4.79 Å². The molecule has 0 bridgehead atoms. The first kappa shape index (κ1) is 12.7. The number of nitrogens with zero attached hydrogens (tertiary/aromatic N) is 1. The molecule has 94 valence electrons. The van der Waals surface area contributed by atoms with Crippen LogP contribution in [0.1, 0.15) is 36.2 Å². The molecule has 0 saturated heterocycles. The predicted octanol–water partition coefficient (Wildman–Crippen LogP) is 2.13. The van der Waals surface area contributed by atoms with Crippen molar-refractivity contribution in [2.45, 2.75) is 37.0 Å². The maximum atomic E-state index is 11.9. The Morgan fingerprint density at radius 2 is 2.47 bits per heavy atom. The summed E-state index contributed by atoms with van der Waals surface area (Å²) in [7, 11) is 0. The molecule has 6 heteroatoms. The SMILES string of the molecule is CSC1CCCC(NC(=O)c2csc(N)n2)C1. The Bertz CT molecular complexity index is 394. The first-order valence-corrected chi connectivity index (χ1v) is 7.90. The van der Waals surface area contributed by atoms with Gasteiger partial charge in [-0.05, 0) is 25.5 Å². The van der Waals surface area contributed by atoms with Gasteiger partial charge in [0, 0.05) is 16.7 Å². The van der Waals surface area contributed by atoms with E-state index in [1.165, 1.54) is 24.2 Å². The summed E-state index contributed by atoms with van der Waals surface area (Å²) < 4.78 is 0. The van der Waals surface area contributed by atoms with Crippen molar-refractivity contribution in [1.29, 1.82) is 0 Å². The smallest absolute Gasteiger partial charge is 0.271 e. The zero-order chi connectivity index (χ0) is 12.3. The number of thiazole rings is 1. The minimum atomic E-state index is -0.0929. The summed E-state index contributed by atoms with van der Waals surface area (Å²) in [6, 6.07) is 0.289. The van der Waals surface area contributed by atoms with Gasteiger partial charge in [-0.25, -0.2) is 4.98 Å². The van der Waals surface area contributed by atoms with Gasteiger partial charge in [-0.1, -0.05) is 6.42 Å². The zero-order valence-electron chi connectivity index (χ0n) is 9.81. The Morgan fingerprint density at radius 1 is 1.65 bits per heavy atom. The lowest BCUT2D eigenvalue weighted by atomic mass is 9.95. The van der Waals surface area contributed by atoms with Gasteiger partial charge in [-0.2, -0.15) is 11.8 Å². The summed E-state index contributed by atoms with van der Waals surface area (Å²) in [6.07, 6.45) is 6.72. The van der Waals surface area contributed by atoms with Crippen molar-refractivity contribution in [3.05, 3.63) is 11.1 Å². The number of anilines is 1. The highest BCUT2D eigenvalue weighted by Crippen LogP contribution is 2.27. The van der Waals surface area contributed by atoms with Gasteiger partial charge >= 0.3 is 0 Å². The number of thioether (sulfide) groups is 1. The number of rotatable bonds is 3. The predicted molar refractivity (Wildman–Crippen MR) is 73.6 cm³/mol. The summed E-state index contributed by atoms with van der Waals surface area (Å²) in [5.74, 6) is -0.0929. The van der Waals surface area contributed by atoms with Crippen LogP contribution in [0.15, 0.2) is 5.38 Å². The molecule has 1 aromatic heterocycles. The summed E-state index contributed by atoms with van der Waals surface area (Å²) in [4.78, 5) is 15.9. The third kappa shape index (κ3) is 3.35. The molecule has 1 aliphatic rings. The first-order valence-electron chi connectivity index (χ1n) is 5.73. The van der Waals surface area contributed by atoms with E-state index in [4.69, 9.17) is 5.73 Å². The molecule has 1 amide bonds. The van der Waals surface area contributed by atoms with Crippen LogP contribution in [0.4, 0.5) is 5.13 Å². The topological polar surface area (TPSA) is 68.0 Å². The molecule has 0 spiro atoms. The van der Waals surface area contributed by atoms with Gasteiger partial charge in [0.05, 0.1) is 0 Å². The van der Waals surface area contributed by atoms with Crippen LogP contribution in [-0.4, -0.2) is 28.4 Å². The second-order valence-electron chi connectivity index (χ2n) is 4.27. The van der Waals surface area contributed by atoms with E-state index in [-0.39, 0.29) is 11.9 Å². The lowest BCUT2D eigenvalue weighted by Crippen LogP contribution is -2.39. The fraction of sp³-hybridized carbons (Fsp3) is 0.636. The third-order valence-electron chi connectivity index (χ3n) is 3.05. The molecular weight excluding hydrogens is 254 g/mol. The molecule has 2 unspecified atom stereocenters. The third-order valence-corrected chi connectivity index (χ3v) is 4.82. The lowest BCUT2D eigenvalue weighted by molar-refractivity contribution is 0.0924. The molecule has 1 heterocycles. The molecule has 3 N–H and O–H groups in total. The minimum absolute atomic E-state index is 0.0929. The normalized spacial score (nSPS) is 24.5. The number of aromatic nitrogens is 1. The number of hydrogen-bond donors (Lipinski definition) is 2. The van der Waals surface area contributed by atoms with Crippen molar-refractivity contribution in [2.24, 2.45) is 0 Å². The molecule has 1 aromatic rings. The molecule has 0 aromatic carbocycles. The van der Waals surface area contributed by atoms with E-state index < -0.39 is 0 Å². The Labute approximate surface area is 109 Å². The largest absolute Gasteiger partial charge is 0.375 e. The number of carbonyl (C=O) groups excluding carboxylic acids is 1. The molecule has 1 fully saturated rings. The van der Waals surface area contributed by atoms with Gasteiger partial charge in [-0.15, -0.1) is 11.3 Å². The molecule has 2 rings (SSSR count). The average Bonchev–Trinajstić information content (AvgIpc) is 2.76. The van der Waals surface area contributed by atoms with Crippen LogP contribution in [0.5, 0.6) is 0 Å². The zero-order valence-corrected chi connectivity index (χ0v) is 11.4. The van der Waals surface area contributed by atoms with E-state index in [1.807, 2.05) is 11.8 Å². The quantitative estimate of drug-likeness (QED) is 0.883. The molecule has 0 radical (unpaired) electrons. The second-order valence-corrected chi connectivity index (χ2v) is 6.29. The van der Waals surface area contributed by atoms with Crippen LogP contribution in [0.2, 0.25) is 0 Å². The number of amides is 1. The number of carbonyl (C=O) groups is 1. The summed E-state index contributed by atoms with van der Waals surface area (Å²) in [6.45, 7) is 0. The van der Waals surface area contributed by atoms with E-state index in [0.717, 1.165) is 12.8 Å². The van der Waals surface area contributed by atoms with Crippen molar-refractivity contribution in [3.8, 4) is 0 Å². The average molecular weight is 271 g/mol. The Morgan fingerprint density at radius 3 is 3.12 bits per heavy atom. The van der Waals surface area contributed by atoms with Crippen LogP contribution < -0.4 is 11.1 Å². The van der Waals surface area contributed by atoms with Gasteiger partial charge in [0.1, 0.15) is 5.69 Å². The Hall–Kier alpha value is -0.750. The highest BCUT2D eigenvalue weighted by molar-refractivity contribution is 7.99. The highest BCUT2D eigenvalue weighted by Gasteiger charge is 2.23. The molecule has 2 atom stereocenters. The summed E-state index contributed by atoms with van der Waals surface area (Å²) in [5, 5.41) is 5.88. The molecule has 0 aliphatic heterocycles. The molecule has 1 aliphatic carbocycles. The van der Waals surface area contributed by atoms with Crippen LogP contribution in [0.25, 0.3) is 0 Å². The fourth-order valence-electron chi connectivity index (χ4n) is 2.14. The first-order chi connectivity index (χ1) is 8.19. The van der Waals surface area contributed by atoms with Crippen molar-refractivity contribution >= 4 is 34.1 Å². The van der Waals surface area contributed by atoms with E-state index in [2.05, 4.69) is 16.6 Å². The summed E-state index contributed by atoms with van der Waals surface area (Å²) >= 11 is 3.19. The summed E-state index contributed by atoms with van der Waals surface area (Å²) in [5.41, 5.74) is 5.96. The van der Waals surface area contributed by atoms with Crippen LogP contribution >= 0.6 is 23.1 Å². The van der Waals surface area contributed by atoms with E-state index in [0.29, 0.717) is 16.1 Å². The van der Waals surface area contributed by atoms with Crippen molar-refractivity contribution in [3.63, 3.8) is 0 Å². The maximum absolute atomic E-state index is 11.9. The van der Waals surface area contributed by atoms with E-state index >= 15 is 0 Å². The second kappa shape index (κ2) is 5.73. The highest BCUT2D eigenvalue weighted by atomic mass is 32.2. The lowest BCUT2D eigenvalue weighted by Gasteiger charge is -2.28. The molecule has 17 heavy (non-hydrogen) atoms. The molecule has 1 saturated carbocycles. The van der Waals surface area contributed by atoms with Gasteiger partial charge in [-0.3, -0.25) is 4.79 Å². The van der Waals surface area contributed by atoms with Crippen molar-refractivity contribution in [1.82, 2.24) is 10.3 Å². The number of nitrogens with two attached hydrogens (primary N) is 1. The number of nitrogens with one attached hydrogen (secondary N) is 1. The standard InChI is InChI=1S/C11H17N3OS2/c1-16-8-4-2-3-7(5-8)13-10(15)9-6-17-11(12)14-9/h6-8H,2-5H2,1H3,(H2,12,14)(H,13,15). The monoisotopic (exact) mass is 271 g/mol. The van der Waals surface area contributed by atoms with Crippen molar-refractivity contribution < 1.29 is 4.79 Å². The van der Waals surface area contributed by atoms with Gasteiger partial charge < -0.3 is 11.1 Å². The maximum Gasteiger partial charge on any atom is 0.271 e. The van der Waals surface area contributed by atoms with E-state index in [1.54, 1.807) is 5.38 Å². The van der Waals surface area contributed by atoms with Gasteiger partial charge in [0.15, 0.2) is 5.13 Å². The van der Waals surface area contributed by atoms with Crippen LogP contribution in [0, 0.1) is 0 Å². The van der Waals surface area contributed by atoms with Crippen LogP contribution in [-0.2, 0) is 0 Å². The number of hydrogen-bond acceptors (Lipinski definition) is 5. The van der Waals surface area contributed by atoms with Gasteiger partial charge in [0.2, 0.25) is 0 Å².